The van der Waals surface area contributed by atoms with Crippen molar-refractivity contribution >= 4 is 19.7 Å². The van der Waals surface area contributed by atoms with Gasteiger partial charge in [-0.05, 0) is 12.1 Å². The summed E-state index contributed by atoms with van der Waals surface area (Å²) >= 11 is 0. The molecule has 1 aromatic carbocycles. The number of fused-ring (bicyclic) bond motifs is 1. The number of nitrogens with zero attached hydrogens (tertiary/aromatic N) is 1. The third kappa shape index (κ3) is 1.15. The average molecular weight is 185 g/mol. The van der Waals surface area contributed by atoms with Gasteiger partial charge in [-0.15, -0.1) is 0 Å². The van der Waals surface area contributed by atoms with Gasteiger partial charge in [0.25, 0.3) is 11.8 Å². The van der Waals surface area contributed by atoms with Gasteiger partial charge in [0, 0.05) is 6.54 Å². The van der Waals surface area contributed by atoms with Gasteiger partial charge in [0.1, 0.15) is 0 Å². The smallest absolute Gasteiger partial charge is 0.261 e. The molecule has 2 radical (unpaired) electrons. The second-order valence-corrected chi connectivity index (χ2v) is 3.10. The number of carbonyl (C=O) groups excluding carboxylic acids is 2. The summed E-state index contributed by atoms with van der Waals surface area (Å²) in [7, 11) is 5.32. The fourth-order valence-electron chi connectivity index (χ4n) is 1.57. The molecule has 4 heteroatoms. The lowest BCUT2D eigenvalue weighted by atomic mass is 10.1. The maximum Gasteiger partial charge on any atom is 0.261 e. The molecule has 0 aliphatic carbocycles. The number of benzene rings is 1. The Morgan fingerprint density at radius 3 is 2.00 bits per heavy atom. The molecule has 14 heavy (non-hydrogen) atoms. The Morgan fingerprint density at radius 1 is 1.07 bits per heavy atom. The molecule has 68 valence electrons. The van der Waals surface area contributed by atoms with E-state index >= 15 is 0 Å². The molecule has 0 unspecified atom stereocenters. The van der Waals surface area contributed by atoms with E-state index in [4.69, 9.17) is 7.85 Å². The lowest BCUT2D eigenvalue weighted by Crippen LogP contribution is -2.30. The van der Waals surface area contributed by atoms with Gasteiger partial charge in [-0.3, -0.25) is 14.5 Å². The minimum absolute atomic E-state index is 0.240. The van der Waals surface area contributed by atoms with E-state index in [1.165, 1.54) is 4.90 Å². The topological polar surface area (TPSA) is 37.4 Å². The molecule has 2 amide bonds. The summed E-state index contributed by atoms with van der Waals surface area (Å²) < 4.78 is 0. The third-order valence-electron chi connectivity index (χ3n) is 2.23. The van der Waals surface area contributed by atoms with Gasteiger partial charge in [0.2, 0.25) is 0 Å². The molecule has 0 saturated carbocycles. The van der Waals surface area contributed by atoms with Crippen molar-refractivity contribution in [3.8, 4) is 0 Å². The average Bonchev–Trinajstić information content (AvgIpc) is 2.45. The number of imide groups is 1. The van der Waals surface area contributed by atoms with Crippen LogP contribution in [0.2, 0.25) is 6.32 Å². The normalized spacial score (nSPS) is 14.7. The summed E-state index contributed by atoms with van der Waals surface area (Å²) in [5, 5.41) is 0. The zero-order valence-electron chi connectivity index (χ0n) is 7.56. The molecule has 0 aromatic heterocycles. The van der Waals surface area contributed by atoms with Crippen LogP contribution in [0, 0.1) is 0 Å². The third-order valence-corrected chi connectivity index (χ3v) is 2.23. The summed E-state index contributed by atoms with van der Waals surface area (Å²) in [6.07, 6.45) is 0.297. The van der Waals surface area contributed by atoms with E-state index in [2.05, 4.69) is 0 Å². The van der Waals surface area contributed by atoms with Gasteiger partial charge in [0.15, 0.2) is 0 Å². The highest BCUT2D eigenvalue weighted by atomic mass is 16.2. The Morgan fingerprint density at radius 2 is 1.57 bits per heavy atom. The highest BCUT2D eigenvalue weighted by Crippen LogP contribution is 2.21. The van der Waals surface area contributed by atoms with Crippen LogP contribution in [0.5, 0.6) is 0 Å². The van der Waals surface area contributed by atoms with E-state index in [1.54, 1.807) is 24.3 Å². The molecule has 1 aliphatic heterocycles. The number of rotatable bonds is 2. The van der Waals surface area contributed by atoms with Gasteiger partial charge < -0.3 is 0 Å². The molecule has 2 rings (SSSR count). The predicted molar refractivity (Wildman–Crippen MR) is 52.4 cm³/mol. The summed E-state index contributed by atoms with van der Waals surface area (Å²) in [6, 6.07) is 6.81. The van der Waals surface area contributed by atoms with Crippen molar-refractivity contribution in [2.45, 2.75) is 6.32 Å². The first-order chi connectivity index (χ1) is 6.75. The van der Waals surface area contributed by atoms with Crippen molar-refractivity contribution in [1.29, 1.82) is 0 Å². The van der Waals surface area contributed by atoms with Crippen molar-refractivity contribution in [3.05, 3.63) is 35.4 Å². The number of hydrogen-bond acceptors (Lipinski definition) is 2. The second kappa shape index (κ2) is 3.29. The first-order valence-corrected chi connectivity index (χ1v) is 4.41. The van der Waals surface area contributed by atoms with Gasteiger partial charge in [-0.1, -0.05) is 18.5 Å². The lowest BCUT2D eigenvalue weighted by Gasteiger charge is -2.11. The Hall–Kier alpha value is -1.58. The van der Waals surface area contributed by atoms with Crippen molar-refractivity contribution in [2.24, 2.45) is 0 Å². The first-order valence-electron chi connectivity index (χ1n) is 4.41. The van der Waals surface area contributed by atoms with Gasteiger partial charge in [-0.2, -0.15) is 0 Å². The van der Waals surface area contributed by atoms with Gasteiger partial charge >= 0.3 is 0 Å². The molecule has 1 aliphatic rings. The SMILES string of the molecule is [B]CCN1C(=O)c2ccccc2C1=O. The van der Waals surface area contributed by atoms with Gasteiger partial charge in [-0.25, -0.2) is 0 Å². The molecule has 1 heterocycles. The van der Waals surface area contributed by atoms with Crippen LogP contribution in [-0.2, 0) is 0 Å². The monoisotopic (exact) mass is 185 g/mol. The quantitative estimate of drug-likeness (QED) is 0.506. The summed E-state index contributed by atoms with van der Waals surface area (Å²) in [6.45, 7) is 0.284. The molecule has 1 aromatic rings. The van der Waals surface area contributed by atoms with E-state index in [0.717, 1.165) is 0 Å². The molecule has 0 saturated heterocycles. The molecular weight excluding hydrogens is 177 g/mol. The molecule has 0 atom stereocenters. The zero-order valence-corrected chi connectivity index (χ0v) is 7.56. The summed E-state index contributed by atoms with van der Waals surface area (Å²) in [4.78, 5) is 24.5. The van der Waals surface area contributed by atoms with Crippen LogP contribution >= 0.6 is 0 Å². The number of hydrogen-bond donors (Lipinski definition) is 0. The number of carbonyl (C=O) groups is 2. The van der Waals surface area contributed by atoms with Crippen molar-refractivity contribution < 1.29 is 9.59 Å². The fraction of sp³-hybridized carbons (Fsp3) is 0.200. The number of amides is 2. The lowest BCUT2D eigenvalue weighted by molar-refractivity contribution is 0.0663. The van der Waals surface area contributed by atoms with E-state index in [1.807, 2.05) is 0 Å². The molecule has 3 nitrogen and oxygen atoms in total. The highest BCUT2D eigenvalue weighted by molar-refractivity contribution is 6.21. The van der Waals surface area contributed by atoms with Crippen molar-refractivity contribution in [2.75, 3.05) is 6.54 Å². The second-order valence-electron chi connectivity index (χ2n) is 3.10. The van der Waals surface area contributed by atoms with Crippen LogP contribution < -0.4 is 0 Å². The maximum absolute atomic E-state index is 11.6. The Kier molecular flexibility index (Phi) is 2.12. The first kappa shape index (κ1) is 9.00. The maximum atomic E-state index is 11.6. The molecule has 0 spiro atoms. The fourth-order valence-corrected chi connectivity index (χ4v) is 1.57. The molecule has 0 fully saturated rings. The van der Waals surface area contributed by atoms with Crippen LogP contribution in [-0.4, -0.2) is 31.1 Å². The predicted octanol–water partition coefficient (Wildman–Crippen LogP) is 0.869. The van der Waals surface area contributed by atoms with Crippen LogP contribution in [0.3, 0.4) is 0 Å². The Labute approximate surface area is 83.1 Å². The Balaban J connectivity index is 2.43. The van der Waals surface area contributed by atoms with Crippen LogP contribution in [0.25, 0.3) is 0 Å². The van der Waals surface area contributed by atoms with Crippen LogP contribution in [0.4, 0.5) is 0 Å². The molecule has 0 bridgehead atoms. The molecule has 0 N–H and O–H groups in total. The minimum Gasteiger partial charge on any atom is -0.275 e. The van der Waals surface area contributed by atoms with Crippen LogP contribution in [0.1, 0.15) is 20.7 Å². The van der Waals surface area contributed by atoms with Crippen molar-refractivity contribution in [1.82, 2.24) is 4.90 Å². The summed E-state index contributed by atoms with van der Waals surface area (Å²) in [5.74, 6) is -0.480. The zero-order chi connectivity index (χ0) is 10.1. The van der Waals surface area contributed by atoms with E-state index < -0.39 is 0 Å². The van der Waals surface area contributed by atoms with Crippen LogP contribution in [0.15, 0.2) is 24.3 Å². The van der Waals surface area contributed by atoms with Gasteiger partial charge in [0.05, 0.1) is 19.0 Å². The van der Waals surface area contributed by atoms with E-state index in [-0.39, 0.29) is 18.4 Å². The highest BCUT2D eigenvalue weighted by Gasteiger charge is 2.33. The summed E-state index contributed by atoms with van der Waals surface area (Å²) in [5.41, 5.74) is 0.955. The van der Waals surface area contributed by atoms with E-state index in [9.17, 15) is 9.59 Å². The van der Waals surface area contributed by atoms with Crippen molar-refractivity contribution in [3.63, 3.8) is 0 Å². The largest absolute Gasteiger partial charge is 0.275 e. The minimum atomic E-state index is -0.240. The standard InChI is InChI=1S/C10H8BNO2/c11-5-6-12-9(13)7-3-1-2-4-8(7)10(12)14/h1-4H,5-6H2. The Bertz CT molecular complexity index is 368. The molecular formula is C10H8BNO2. The van der Waals surface area contributed by atoms with E-state index in [0.29, 0.717) is 17.4 Å².